The number of rotatable bonds is 3. The monoisotopic (exact) mass is 402 g/mol. The highest BCUT2D eigenvalue weighted by molar-refractivity contribution is 7.15. The molecule has 2 aliphatic rings. The first-order valence-corrected chi connectivity index (χ1v) is 11.1. The van der Waals surface area contributed by atoms with E-state index in [0.29, 0.717) is 0 Å². The predicted octanol–water partition coefficient (Wildman–Crippen LogP) is 3.10. The number of carbonyl (C=O) groups is 1. The number of amides is 1. The van der Waals surface area contributed by atoms with Crippen LogP contribution in [-0.2, 0) is 16.8 Å². The first-order valence-electron chi connectivity index (χ1n) is 9.35. The summed E-state index contributed by atoms with van der Waals surface area (Å²) in [6, 6.07) is 1.94. The van der Waals surface area contributed by atoms with Crippen LogP contribution >= 0.6 is 22.7 Å². The van der Waals surface area contributed by atoms with Crippen LogP contribution in [0.25, 0.3) is 4.96 Å². The molecule has 2 aliphatic heterocycles. The van der Waals surface area contributed by atoms with Gasteiger partial charge in [0, 0.05) is 22.7 Å². The van der Waals surface area contributed by atoms with Crippen LogP contribution in [0, 0.1) is 0 Å². The van der Waals surface area contributed by atoms with Gasteiger partial charge in [-0.3, -0.25) is 9.20 Å². The highest BCUT2D eigenvalue weighted by Gasteiger charge is 2.41. The van der Waals surface area contributed by atoms with Gasteiger partial charge in [0.25, 0.3) is 5.91 Å². The minimum atomic E-state index is -0.193. The van der Waals surface area contributed by atoms with Gasteiger partial charge in [-0.2, -0.15) is 0 Å². The van der Waals surface area contributed by atoms with Crippen molar-refractivity contribution in [3.63, 3.8) is 0 Å². The highest BCUT2D eigenvalue weighted by atomic mass is 32.1. The smallest absolute Gasteiger partial charge is 0.261 e. The number of thiazole rings is 1. The lowest BCUT2D eigenvalue weighted by Gasteiger charge is -2.40. The number of thiophene rings is 1. The van der Waals surface area contributed by atoms with Crippen LogP contribution in [0.5, 0.6) is 0 Å². The van der Waals surface area contributed by atoms with Gasteiger partial charge in [0.2, 0.25) is 0 Å². The number of ether oxygens (including phenoxy) is 1. The van der Waals surface area contributed by atoms with Crippen molar-refractivity contribution in [1.82, 2.24) is 20.0 Å². The van der Waals surface area contributed by atoms with Crippen LogP contribution < -0.4 is 10.6 Å². The molecular formula is C19H22N4O2S2. The van der Waals surface area contributed by atoms with Gasteiger partial charge >= 0.3 is 0 Å². The summed E-state index contributed by atoms with van der Waals surface area (Å²) in [4.78, 5) is 20.5. The van der Waals surface area contributed by atoms with E-state index >= 15 is 0 Å². The maximum atomic E-state index is 12.9. The second kappa shape index (κ2) is 6.70. The average Bonchev–Trinajstić information content (AvgIpc) is 3.37. The Labute approximate surface area is 165 Å². The summed E-state index contributed by atoms with van der Waals surface area (Å²) in [6.45, 7) is 4.66. The molecule has 0 radical (unpaired) electrons. The SMILES string of the molecule is CC(NC(=O)c1cc2c(s1)C1(CCNCC1)OCC2)c1cn2ccsc2n1. The van der Waals surface area contributed by atoms with Crippen molar-refractivity contribution in [2.24, 2.45) is 0 Å². The number of nitrogens with one attached hydrogen (secondary N) is 2. The molecule has 8 heteroatoms. The van der Waals surface area contributed by atoms with Crippen molar-refractivity contribution in [2.45, 2.75) is 37.8 Å². The molecule has 3 aromatic heterocycles. The summed E-state index contributed by atoms with van der Waals surface area (Å²) in [5.74, 6) is -0.0256. The molecule has 1 amide bonds. The number of aromatic nitrogens is 2. The van der Waals surface area contributed by atoms with E-state index in [2.05, 4.69) is 21.7 Å². The summed E-state index contributed by atoms with van der Waals surface area (Å²) in [6.07, 6.45) is 6.80. The molecule has 0 bridgehead atoms. The number of carbonyl (C=O) groups excluding carboxylic acids is 1. The van der Waals surface area contributed by atoms with Crippen molar-refractivity contribution in [1.29, 1.82) is 0 Å². The highest BCUT2D eigenvalue weighted by Crippen LogP contribution is 2.44. The summed E-state index contributed by atoms with van der Waals surface area (Å²) in [7, 11) is 0. The molecule has 5 heterocycles. The standard InChI is InChI=1S/C19H22N4O2S2/c1-12(14-11-23-7-9-26-18(23)22-14)21-17(24)15-10-13-2-8-25-19(16(13)27-15)3-5-20-6-4-19/h7,9-12,20H,2-6,8H2,1H3,(H,21,24). The van der Waals surface area contributed by atoms with Gasteiger partial charge in [-0.25, -0.2) is 4.98 Å². The molecule has 1 spiro atoms. The summed E-state index contributed by atoms with van der Waals surface area (Å²) in [5.41, 5.74) is 1.98. The Morgan fingerprint density at radius 3 is 3.11 bits per heavy atom. The van der Waals surface area contributed by atoms with Gasteiger partial charge in [-0.05, 0) is 50.9 Å². The van der Waals surface area contributed by atoms with Gasteiger partial charge in [-0.1, -0.05) is 0 Å². The zero-order valence-electron chi connectivity index (χ0n) is 15.2. The number of imidazole rings is 1. The van der Waals surface area contributed by atoms with Crippen molar-refractivity contribution in [3.05, 3.63) is 44.9 Å². The molecule has 0 aliphatic carbocycles. The molecule has 0 saturated carbocycles. The number of hydrogen-bond acceptors (Lipinski definition) is 6. The second-order valence-corrected chi connectivity index (χ2v) is 9.19. The molecule has 1 saturated heterocycles. The molecule has 0 aromatic carbocycles. The Bertz CT molecular complexity index is 955. The molecular weight excluding hydrogens is 380 g/mol. The summed E-state index contributed by atoms with van der Waals surface area (Å²) < 4.78 is 8.22. The number of nitrogens with zero attached hydrogens (tertiary/aromatic N) is 2. The predicted molar refractivity (Wildman–Crippen MR) is 107 cm³/mol. The lowest BCUT2D eigenvalue weighted by Crippen LogP contribution is -2.43. The maximum absolute atomic E-state index is 12.9. The van der Waals surface area contributed by atoms with Crippen LogP contribution in [0.4, 0.5) is 0 Å². The molecule has 3 aromatic rings. The molecule has 2 N–H and O–H groups in total. The Morgan fingerprint density at radius 1 is 1.44 bits per heavy atom. The van der Waals surface area contributed by atoms with E-state index in [-0.39, 0.29) is 17.6 Å². The Kier molecular flexibility index (Phi) is 4.31. The minimum Gasteiger partial charge on any atom is -0.369 e. The topological polar surface area (TPSA) is 67.7 Å². The number of fused-ring (bicyclic) bond motifs is 3. The van der Waals surface area contributed by atoms with E-state index < -0.39 is 0 Å². The van der Waals surface area contributed by atoms with Gasteiger partial charge in [-0.15, -0.1) is 22.7 Å². The Morgan fingerprint density at radius 2 is 2.30 bits per heavy atom. The van der Waals surface area contributed by atoms with Gasteiger partial charge in [0.15, 0.2) is 4.96 Å². The third-order valence-electron chi connectivity index (χ3n) is 5.51. The lowest BCUT2D eigenvalue weighted by molar-refractivity contribution is -0.0771. The van der Waals surface area contributed by atoms with E-state index in [1.807, 2.05) is 29.1 Å². The molecule has 6 nitrogen and oxygen atoms in total. The van der Waals surface area contributed by atoms with Crippen LogP contribution in [0.2, 0.25) is 0 Å². The quantitative estimate of drug-likeness (QED) is 0.706. The summed E-state index contributed by atoms with van der Waals surface area (Å²) in [5, 5.41) is 8.52. The van der Waals surface area contributed by atoms with Crippen molar-refractivity contribution in [3.8, 4) is 0 Å². The molecule has 142 valence electrons. The van der Waals surface area contributed by atoms with Crippen molar-refractivity contribution >= 4 is 33.5 Å². The third kappa shape index (κ3) is 3.00. The normalized spacial score (nSPS) is 19.9. The van der Waals surface area contributed by atoms with E-state index in [9.17, 15) is 4.79 Å². The molecule has 1 unspecified atom stereocenters. The largest absolute Gasteiger partial charge is 0.369 e. The minimum absolute atomic E-state index is 0.0256. The Balaban J connectivity index is 1.37. The number of hydrogen-bond donors (Lipinski definition) is 2. The molecule has 1 atom stereocenters. The Hall–Kier alpha value is -1.74. The zero-order chi connectivity index (χ0) is 18.4. The fraction of sp³-hybridized carbons (Fsp3) is 0.474. The third-order valence-corrected chi connectivity index (χ3v) is 7.64. The van der Waals surface area contributed by atoms with Crippen molar-refractivity contribution < 1.29 is 9.53 Å². The van der Waals surface area contributed by atoms with E-state index in [0.717, 1.165) is 54.5 Å². The van der Waals surface area contributed by atoms with Crippen LogP contribution in [0.1, 0.15) is 51.6 Å². The van der Waals surface area contributed by atoms with Crippen molar-refractivity contribution in [2.75, 3.05) is 19.7 Å². The second-order valence-electron chi connectivity index (χ2n) is 7.26. The van der Waals surface area contributed by atoms with Gasteiger partial charge in [0.05, 0.1) is 23.2 Å². The van der Waals surface area contributed by atoms with Gasteiger partial charge < -0.3 is 15.4 Å². The summed E-state index contributed by atoms with van der Waals surface area (Å²) >= 11 is 3.20. The number of piperidine rings is 1. The van der Waals surface area contributed by atoms with E-state index in [4.69, 9.17) is 4.74 Å². The fourth-order valence-corrected chi connectivity index (χ4v) is 6.05. The average molecular weight is 403 g/mol. The first-order chi connectivity index (χ1) is 13.1. The van der Waals surface area contributed by atoms with Crippen LogP contribution in [0.3, 0.4) is 0 Å². The zero-order valence-corrected chi connectivity index (χ0v) is 16.8. The molecule has 27 heavy (non-hydrogen) atoms. The molecule has 1 fully saturated rings. The lowest BCUT2D eigenvalue weighted by atomic mass is 9.86. The van der Waals surface area contributed by atoms with E-state index in [1.54, 1.807) is 22.7 Å². The maximum Gasteiger partial charge on any atom is 0.261 e. The van der Waals surface area contributed by atoms with Crippen LogP contribution in [-0.4, -0.2) is 35.0 Å². The van der Waals surface area contributed by atoms with Gasteiger partial charge in [0.1, 0.15) is 5.60 Å². The van der Waals surface area contributed by atoms with E-state index in [1.165, 1.54) is 10.4 Å². The molecule has 5 rings (SSSR count). The first kappa shape index (κ1) is 17.4. The fourth-order valence-electron chi connectivity index (χ4n) is 4.03. The van der Waals surface area contributed by atoms with Crippen LogP contribution in [0.15, 0.2) is 23.8 Å².